The number of halogens is 1. The van der Waals surface area contributed by atoms with E-state index in [0.29, 0.717) is 30.2 Å². The molecule has 1 aliphatic rings. The molecule has 0 aromatic heterocycles. The first kappa shape index (κ1) is 20.2. The number of nitrogens with zero attached hydrogens (tertiary/aromatic N) is 1. The zero-order chi connectivity index (χ0) is 19.8. The lowest BCUT2D eigenvalue weighted by Gasteiger charge is -2.33. The summed E-state index contributed by atoms with van der Waals surface area (Å²) in [5.74, 6) is 0.0788. The summed E-state index contributed by atoms with van der Waals surface area (Å²) in [5, 5.41) is 6.40. The Labute approximate surface area is 171 Å². The monoisotopic (exact) mass is 399 g/mol. The second-order valence-electron chi connectivity index (χ2n) is 7.11. The third-order valence-electron chi connectivity index (χ3n) is 5.01. The number of carbonyl (C=O) groups is 2. The van der Waals surface area contributed by atoms with Gasteiger partial charge in [-0.2, -0.15) is 0 Å². The molecular formula is C22H26ClN3O2. The van der Waals surface area contributed by atoms with Crippen molar-refractivity contribution in [3.8, 4) is 0 Å². The van der Waals surface area contributed by atoms with Crippen LogP contribution >= 0.6 is 11.6 Å². The fraction of sp³-hybridized carbons (Fsp3) is 0.364. The van der Waals surface area contributed by atoms with Crippen LogP contribution in [0.25, 0.3) is 0 Å². The molecule has 0 aliphatic carbocycles. The first-order chi connectivity index (χ1) is 13.6. The van der Waals surface area contributed by atoms with E-state index in [1.807, 2.05) is 23.1 Å². The molecule has 5 nitrogen and oxygen atoms in total. The van der Waals surface area contributed by atoms with Crippen LogP contribution in [0.15, 0.2) is 54.6 Å². The quantitative estimate of drug-likeness (QED) is 0.777. The molecule has 2 aromatic rings. The van der Waals surface area contributed by atoms with Crippen molar-refractivity contribution in [2.24, 2.45) is 5.92 Å². The first-order valence-electron chi connectivity index (χ1n) is 9.73. The van der Waals surface area contributed by atoms with Crippen LogP contribution in [-0.4, -0.2) is 43.0 Å². The van der Waals surface area contributed by atoms with Crippen LogP contribution in [0, 0.1) is 5.92 Å². The van der Waals surface area contributed by atoms with Crippen LogP contribution in [-0.2, 0) is 6.42 Å². The lowest BCUT2D eigenvalue weighted by atomic mass is 9.98. The Kier molecular flexibility index (Phi) is 7.31. The Morgan fingerprint density at radius 2 is 1.79 bits per heavy atom. The predicted octanol–water partition coefficient (Wildman–Crippen LogP) is 3.73. The van der Waals surface area contributed by atoms with E-state index in [4.69, 9.17) is 11.6 Å². The minimum absolute atomic E-state index is 0.0296. The Bertz CT molecular complexity index is 797. The van der Waals surface area contributed by atoms with E-state index >= 15 is 0 Å². The Balaban J connectivity index is 1.42. The number of hydrogen-bond donors (Lipinski definition) is 2. The third kappa shape index (κ3) is 5.73. The normalized spacial score (nSPS) is 16.5. The summed E-state index contributed by atoms with van der Waals surface area (Å²) in [6, 6.07) is 17.1. The predicted molar refractivity (Wildman–Crippen MR) is 112 cm³/mol. The molecule has 1 saturated heterocycles. The average Bonchev–Trinajstić information content (AvgIpc) is 2.73. The van der Waals surface area contributed by atoms with Gasteiger partial charge in [0.05, 0.1) is 10.6 Å². The van der Waals surface area contributed by atoms with Crippen LogP contribution in [0.1, 0.15) is 28.8 Å². The molecule has 1 heterocycles. The molecule has 28 heavy (non-hydrogen) atoms. The molecule has 3 rings (SSSR count). The topological polar surface area (TPSA) is 61.4 Å². The highest BCUT2D eigenvalue weighted by atomic mass is 35.5. The smallest absolute Gasteiger partial charge is 0.317 e. The maximum absolute atomic E-state index is 12.4. The summed E-state index contributed by atoms with van der Waals surface area (Å²) in [6.45, 7) is 2.57. The first-order valence-corrected chi connectivity index (χ1v) is 10.1. The number of urea groups is 1. The van der Waals surface area contributed by atoms with E-state index in [1.54, 1.807) is 24.3 Å². The van der Waals surface area contributed by atoms with Crippen molar-refractivity contribution in [3.05, 3.63) is 70.7 Å². The van der Waals surface area contributed by atoms with Crippen LogP contribution < -0.4 is 10.6 Å². The third-order valence-corrected chi connectivity index (χ3v) is 5.34. The number of hydrogen-bond acceptors (Lipinski definition) is 2. The summed E-state index contributed by atoms with van der Waals surface area (Å²) in [4.78, 5) is 26.6. The molecule has 6 heteroatoms. The van der Waals surface area contributed by atoms with Crippen molar-refractivity contribution >= 4 is 23.5 Å². The van der Waals surface area contributed by atoms with Gasteiger partial charge in [0.25, 0.3) is 5.91 Å². The molecule has 0 saturated carbocycles. The van der Waals surface area contributed by atoms with Crippen molar-refractivity contribution in [1.82, 2.24) is 15.5 Å². The fourth-order valence-electron chi connectivity index (χ4n) is 3.46. The van der Waals surface area contributed by atoms with Crippen LogP contribution in [0.2, 0.25) is 5.02 Å². The fourth-order valence-corrected chi connectivity index (χ4v) is 3.69. The number of piperidine rings is 1. The molecule has 3 amide bonds. The molecule has 0 bridgehead atoms. The molecule has 1 unspecified atom stereocenters. The zero-order valence-corrected chi connectivity index (χ0v) is 16.6. The van der Waals surface area contributed by atoms with Gasteiger partial charge < -0.3 is 15.5 Å². The average molecular weight is 400 g/mol. The van der Waals surface area contributed by atoms with Gasteiger partial charge in [-0.25, -0.2) is 4.79 Å². The second-order valence-corrected chi connectivity index (χ2v) is 7.52. The second kappa shape index (κ2) is 10.1. The molecular weight excluding hydrogens is 374 g/mol. The van der Waals surface area contributed by atoms with Gasteiger partial charge in [0, 0.05) is 26.2 Å². The van der Waals surface area contributed by atoms with Crippen molar-refractivity contribution in [2.45, 2.75) is 19.3 Å². The summed E-state index contributed by atoms with van der Waals surface area (Å²) in [5.41, 5.74) is 1.69. The van der Waals surface area contributed by atoms with Gasteiger partial charge in [-0.05, 0) is 42.9 Å². The summed E-state index contributed by atoms with van der Waals surface area (Å²) < 4.78 is 0. The number of carbonyl (C=O) groups excluding carboxylic acids is 2. The summed E-state index contributed by atoms with van der Waals surface area (Å²) in [6.07, 6.45) is 2.76. The summed E-state index contributed by atoms with van der Waals surface area (Å²) in [7, 11) is 0. The number of nitrogens with one attached hydrogen (secondary N) is 2. The number of benzene rings is 2. The highest BCUT2D eigenvalue weighted by Gasteiger charge is 2.24. The van der Waals surface area contributed by atoms with E-state index < -0.39 is 0 Å². The molecule has 2 aromatic carbocycles. The molecule has 1 aliphatic heterocycles. The van der Waals surface area contributed by atoms with Gasteiger partial charge in [-0.1, -0.05) is 54.1 Å². The maximum atomic E-state index is 12.4. The molecule has 148 valence electrons. The highest BCUT2D eigenvalue weighted by Crippen LogP contribution is 2.17. The van der Waals surface area contributed by atoms with Crippen molar-refractivity contribution in [3.63, 3.8) is 0 Å². The van der Waals surface area contributed by atoms with E-state index in [9.17, 15) is 9.59 Å². The number of rotatable bonds is 6. The van der Waals surface area contributed by atoms with Gasteiger partial charge in [0.2, 0.25) is 0 Å². The molecule has 0 spiro atoms. The van der Waals surface area contributed by atoms with E-state index in [1.165, 1.54) is 5.56 Å². The Morgan fingerprint density at radius 3 is 2.57 bits per heavy atom. The zero-order valence-electron chi connectivity index (χ0n) is 15.9. The number of likely N-dealkylation sites (tertiary alicyclic amines) is 1. The number of amides is 3. The van der Waals surface area contributed by atoms with E-state index in [0.717, 1.165) is 25.8 Å². The van der Waals surface area contributed by atoms with Gasteiger partial charge >= 0.3 is 6.03 Å². The SMILES string of the molecule is O=C(NCC1CCCN(C(=O)NCCc2ccccc2)C1)c1ccccc1Cl. The standard InChI is InChI=1S/C22H26ClN3O2/c23-20-11-5-4-10-19(20)21(27)25-15-18-9-6-14-26(16-18)22(28)24-13-12-17-7-2-1-3-8-17/h1-5,7-8,10-11,18H,6,9,12-16H2,(H,24,28)(H,25,27). The van der Waals surface area contributed by atoms with E-state index in [-0.39, 0.29) is 17.9 Å². The largest absolute Gasteiger partial charge is 0.352 e. The van der Waals surface area contributed by atoms with Crippen molar-refractivity contribution < 1.29 is 9.59 Å². The van der Waals surface area contributed by atoms with Crippen LogP contribution in [0.3, 0.4) is 0 Å². The van der Waals surface area contributed by atoms with Gasteiger partial charge in [-0.3, -0.25) is 4.79 Å². The minimum Gasteiger partial charge on any atom is -0.352 e. The van der Waals surface area contributed by atoms with Crippen LogP contribution in [0.5, 0.6) is 0 Å². The molecule has 2 N–H and O–H groups in total. The highest BCUT2D eigenvalue weighted by molar-refractivity contribution is 6.33. The van der Waals surface area contributed by atoms with Gasteiger partial charge in [0.15, 0.2) is 0 Å². The Hall–Kier alpha value is -2.53. The Morgan fingerprint density at radius 1 is 1.04 bits per heavy atom. The lowest BCUT2D eigenvalue weighted by Crippen LogP contribution is -2.48. The van der Waals surface area contributed by atoms with Crippen molar-refractivity contribution in [1.29, 1.82) is 0 Å². The minimum atomic E-state index is -0.171. The lowest BCUT2D eigenvalue weighted by molar-refractivity contribution is 0.0938. The molecule has 1 atom stereocenters. The van der Waals surface area contributed by atoms with E-state index in [2.05, 4.69) is 22.8 Å². The maximum Gasteiger partial charge on any atom is 0.317 e. The van der Waals surface area contributed by atoms with Crippen LogP contribution in [0.4, 0.5) is 4.79 Å². The summed E-state index contributed by atoms with van der Waals surface area (Å²) >= 11 is 6.08. The van der Waals surface area contributed by atoms with Crippen molar-refractivity contribution in [2.75, 3.05) is 26.2 Å². The molecule has 1 fully saturated rings. The molecule has 0 radical (unpaired) electrons. The van der Waals surface area contributed by atoms with Gasteiger partial charge in [0.1, 0.15) is 0 Å². The van der Waals surface area contributed by atoms with Gasteiger partial charge in [-0.15, -0.1) is 0 Å².